The van der Waals surface area contributed by atoms with Gasteiger partial charge in [-0.05, 0) is 75.9 Å². The molecule has 0 bridgehead atoms. The molecule has 5 nitrogen and oxygen atoms in total. The van der Waals surface area contributed by atoms with E-state index in [2.05, 4.69) is 21.8 Å². The van der Waals surface area contributed by atoms with Gasteiger partial charge in [-0.1, -0.05) is 29.8 Å². The Labute approximate surface area is 175 Å². The average Bonchev–Trinajstić information content (AvgIpc) is 2.67. The van der Waals surface area contributed by atoms with Crippen LogP contribution in [0.25, 0.3) is 0 Å². The lowest BCUT2D eigenvalue weighted by Gasteiger charge is -2.33. The summed E-state index contributed by atoms with van der Waals surface area (Å²) >= 11 is 0. The molecule has 2 aromatic carbocycles. The molecular weight excluding hydrogens is 384 g/mol. The zero-order valence-corrected chi connectivity index (χ0v) is 18.4. The van der Waals surface area contributed by atoms with E-state index in [0.29, 0.717) is 17.4 Å². The first-order chi connectivity index (χ1) is 13.8. The molecule has 0 saturated carbocycles. The quantitative estimate of drug-likeness (QED) is 0.707. The number of hydrogen-bond donors (Lipinski definition) is 1. The molecule has 0 aromatic heterocycles. The molecule has 1 N–H and O–H groups in total. The van der Waals surface area contributed by atoms with Crippen molar-refractivity contribution in [1.82, 2.24) is 9.62 Å². The minimum Gasteiger partial charge on any atom is -0.491 e. The number of aryl methyl sites for hydroxylation is 1. The van der Waals surface area contributed by atoms with E-state index in [1.165, 1.54) is 5.56 Å². The van der Waals surface area contributed by atoms with Crippen molar-refractivity contribution in [2.75, 3.05) is 19.6 Å². The van der Waals surface area contributed by atoms with E-state index in [-0.39, 0.29) is 6.10 Å². The predicted octanol–water partition coefficient (Wildman–Crippen LogP) is 3.97. The van der Waals surface area contributed by atoms with E-state index < -0.39 is 10.0 Å². The first-order valence-corrected chi connectivity index (χ1v) is 11.8. The second-order valence-corrected chi connectivity index (χ2v) is 9.99. The van der Waals surface area contributed by atoms with Gasteiger partial charge in [0.15, 0.2) is 0 Å². The van der Waals surface area contributed by atoms with Crippen LogP contribution in [0.15, 0.2) is 53.4 Å². The fraction of sp³-hybridized carbons (Fsp3) is 0.478. The highest BCUT2D eigenvalue weighted by atomic mass is 32.2. The molecule has 1 aliphatic rings. The topological polar surface area (TPSA) is 58.6 Å². The zero-order valence-electron chi connectivity index (χ0n) is 17.6. The number of hydrogen-bond acceptors (Lipinski definition) is 4. The monoisotopic (exact) mass is 416 g/mol. The summed E-state index contributed by atoms with van der Waals surface area (Å²) in [6, 6.07) is 15.2. The van der Waals surface area contributed by atoms with Gasteiger partial charge in [-0.15, -0.1) is 0 Å². The molecule has 29 heavy (non-hydrogen) atoms. The van der Waals surface area contributed by atoms with Crippen LogP contribution in [0, 0.1) is 12.8 Å². The van der Waals surface area contributed by atoms with Crippen LogP contribution in [-0.2, 0) is 16.6 Å². The number of ether oxygens (including phenoxy) is 1. The van der Waals surface area contributed by atoms with Gasteiger partial charge in [-0.3, -0.25) is 4.90 Å². The van der Waals surface area contributed by atoms with E-state index >= 15 is 0 Å². The predicted molar refractivity (Wildman–Crippen MR) is 117 cm³/mol. The van der Waals surface area contributed by atoms with E-state index in [1.807, 2.05) is 45.0 Å². The van der Waals surface area contributed by atoms with Gasteiger partial charge in [0.2, 0.25) is 10.0 Å². The van der Waals surface area contributed by atoms with E-state index in [9.17, 15) is 8.42 Å². The van der Waals surface area contributed by atoms with Gasteiger partial charge in [0, 0.05) is 19.6 Å². The molecule has 3 rings (SSSR count). The van der Waals surface area contributed by atoms with Gasteiger partial charge in [0.25, 0.3) is 0 Å². The average molecular weight is 417 g/mol. The minimum absolute atomic E-state index is 0.158. The highest BCUT2D eigenvalue weighted by molar-refractivity contribution is 7.89. The molecule has 1 fully saturated rings. The fourth-order valence-corrected chi connectivity index (χ4v) is 4.85. The van der Waals surface area contributed by atoms with Crippen molar-refractivity contribution in [1.29, 1.82) is 0 Å². The van der Waals surface area contributed by atoms with Gasteiger partial charge in [-0.2, -0.15) is 0 Å². The van der Waals surface area contributed by atoms with Crippen molar-refractivity contribution in [3.8, 4) is 5.75 Å². The summed E-state index contributed by atoms with van der Waals surface area (Å²) in [6.45, 7) is 9.27. The molecule has 2 aromatic rings. The number of nitrogens with one attached hydrogen (secondary N) is 1. The smallest absolute Gasteiger partial charge is 0.240 e. The molecule has 0 spiro atoms. The summed E-state index contributed by atoms with van der Waals surface area (Å²) < 4.78 is 33.7. The van der Waals surface area contributed by atoms with Crippen LogP contribution in [0.4, 0.5) is 0 Å². The lowest BCUT2D eigenvalue weighted by Crippen LogP contribution is -2.40. The normalized spacial score (nSPS) is 18.1. The molecule has 1 unspecified atom stereocenters. The van der Waals surface area contributed by atoms with Crippen LogP contribution in [0.3, 0.4) is 0 Å². The summed E-state index contributed by atoms with van der Waals surface area (Å²) in [4.78, 5) is 2.74. The van der Waals surface area contributed by atoms with Gasteiger partial charge in [-0.25, -0.2) is 13.1 Å². The Hall–Kier alpha value is -1.89. The second-order valence-electron chi connectivity index (χ2n) is 8.22. The molecule has 6 heteroatoms. The zero-order chi connectivity index (χ0) is 20.9. The third kappa shape index (κ3) is 6.56. The largest absolute Gasteiger partial charge is 0.491 e. The molecule has 0 amide bonds. The van der Waals surface area contributed by atoms with Crippen LogP contribution in [0.5, 0.6) is 5.75 Å². The highest BCUT2D eigenvalue weighted by Crippen LogP contribution is 2.21. The Morgan fingerprint density at radius 1 is 1.17 bits per heavy atom. The lowest BCUT2D eigenvalue weighted by molar-refractivity contribution is 0.168. The molecule has 1 atom stereocenters. The number of benzene rings is 2. The van der Waals surface area contributed by atoms with Crippen molar-refractivity contribution in [3.05, 3.63) is 59.7 Å². The highest BCUT2D eigenvalue weighted by Gasteiger charge is 2.22. The van der Waals surface area contributed by atoms with E-state index in [4.69, 9.17) is 4.74 Å². The van der Waals surface area contributed by atoms with Crippen LogP contribution in [-0.4, -0.2) is 39.1 Å². The van der Waals surface area contributed by atoms with Crippen LogP contribution >= 0.6 is 0 Å². The van der Waals surface area contributed by atoms with Gasteiger partial charge < -0.3 is 4.74 Å². The molecule has 158 valence electrons. The van der Waals surface area contributed by atoms with Crippen molar-refractivity contribution in [2.24, 2.45) is 5.92 Å². The molecule has 0 aliphatic carbocycles. The first-order valence-electron chi connectivity index (χ1n) is 10.4. The molecule has 1 saturated heterocycles. The number of likely N-dealkylation sites (tertiary alicyclic amines) is 1. The Morgan fingerprint density at radius 2 is 1.93 bits per heavy atom. The van der Waals surface area contributed by atoms with Gasteiger partial charge in [0.05, 0.1) is 11.0 Å². The Bertz CT molecular complexity index is 895. The van der Waals surface area contributed by atoms with Crippen molar-refractivity contribution in [2.45, 2.75) is 51.2 Å². The van der Waals surface area contributed by atoms with E-state index in [0.717, 1.165) is 43.8 Å². The first kappa shape index (κ1) is 21.8. The summed E-state index contributed by atoms with van der Waals surface area (Å²) in [5, 5.41) is 0. The van der Waals surface area contributed by atoms with Crippen molar-refractivity contribution >= 4 is 10.0 Å². The summed E-state index contributed by atoms with van der Waals surface area (Å²) in [5.74, 6) is 1.22. The van der Waals surface area contributed by atoms with E-state index in [1.54, 1.807) is 12.1 Å². The van der Waals surface area contributed by atoms with Gasteiger partial charge >= 0.3 is 0 Å². The number of piperidine rings is 1. The Balaban J connectivity index is 1.55. The maximum absolute atomic E-state index is 12.5. The van der Waals surface area contributed by atoms with Crippen molar-refractivity contribution < 1.29 is 13.2 Å². The Morgan fingerprint density at radius 3 is 2.66 bits per heavy atom. The van der Waals surface area contributed by atoms with Crippen LogP contribution in [0.2, 0.25) is 0 Å². The standard InChI is InChI=1S/C23H32N2O3S/c1-18(2)28-22-8-4-6-20(14-22)16-25-13-5-7-21(17-25)15-24-29(26,27)23-11-9-19(3)10-12-23/h4,6,8-12,14,18,21,24H,5,7,13,15-17H2,1-3H3. The number of nitrogens with zero attached hydrogens (tertiary/aromatic N) is 1. The fourth-order valence-electron chi connectivity index (χ4n) is 3.74. The van der Waals surface area contributed by atoms with Crippen LogP contribution < -0.4 is 9.46 Å². The molecule has 0 radical (unpaired) electrons. The summed E-state index contributed by atoms with van der Waals surface area (Å²) in [6.07, 6.45) is 2.29. The third-order valence-corrected chi connectivity index (χ3v) is 6.61. The maximum Gasteiger partial charge on any atom is 0.240 e. The minimum atomic E-state index is -3.46. The van der Waals surface area contributed by atoms with Crippen LogP contribution in [0.1, 0.15) is 37.8 Å². The lowest BCUT2D eigenvalue weighted by atomic mass is 9.98. The second kappa shape index (κ2) is 9.74. The Kier molecular flexibility index (Phi) is 7.33. The third-order valence-electron chi connectivity index (χ3n) is 5.17. The summed E-state index contributed by atoms with van der Waals surface area (Å²) in [7, 11) is -3.46. The SMILES string of the molecule is Cc1ccc(S(=O)(=O)NCC2CCCN(Cc3cccc(OC(C)C)c3)C2)cc1. The molecule has 1 heterocycles. The summed E-state index contributed by atoms with van der Waals surface area (Å²) in [5.41, 5.74) is 2.28. The number of rotatable bonds is 8. The van der Waals surface area contributed by atoms with Crippen molar-refractivity contribution in [3.63, 3.8) is 0 Å². The van der Waals surface area contributed by atoms with Gasteiger partial charge in [0.1, 0.15) is 5.75 Å². The maximum atomic E-state index is 12.5. The molecular formula is C23H32N2O3S. The number of sulfonamides is 1. The molecule has 1 aliphatic heterocycles.